The Morgan fingerprint density at radius 1 is 1.35 bits per heavy atom. The Bertz CT molecular complexity index is 777. The number of carboxylic acid groups (broad SMARTS) is 1. The molecule has 0 aliphatic rings. The van der Waals surface area contributed by atoms with Crippen LogP contribution in [0.1, 0.15) is 16.1 Å². The summed E-state index contributed by atoms with van der Waals surface area (Å²) in [5.74, 6) is -1.48. The molecule has 2 rings (SSSR count). The fourth-order valence-corrected chi connectivity index (χ4v) is 2.44. The van der Waals surface area contributed by atoms with Crippen molar-refractivity contribution in [1.29, 1.82) is 0 Å². The Morgan fingerprint density at radius 2 is 2.00 bits per heavy atom. The number of fused-ring (bicyclic) bond motifs is 1. The van der Waals surface area contributed by atoms with Crippen molar-refractivity contribution in [1.82, 2.24) is 9.29 Å². The lowest BCUT2D eigenvalue weighted by Crippen LogP contribution is -2.31. The van der Waals surface area contributed by atoms with Crippen molar-refractivity contribution in [2.75, 3.05) is 18.8 Å². The zero-order valence-electron chi connectivity index (χ0n) is 11.2. The number of benzene rings is 1. The number of aromatic amines is 1. The van der Waals surface area contributed by atoms with Crippen molar-refractivity contribution in [3.63, 3.8) is 0 Å². The number of aryl methyl sites for hydroxylation is 1. The summed E-state index contributed by atoms with van der Waals surface area (Å²) in [7, 11) is -1.11. The number of aromatic carboxylic acids is 1. The van der Waals surface area contributed by atoms with Crippen LogP contribution >= 0.6 is 0 Å². The van der Waals surface area contributed by atoms with Crippen molar-refractivity contribution >= 4 is 32.8 Å². The van der Waals surface area contributed by atoms with Gasteiger partial charge >= 0.3 is 10.2 Å². The first kappa shape index (κ1) is 14.4. The summed E-state index contributed by atoms with van der Waals surface area (Å²) in [5, 5.41) is 11.6. The Kier molecular flexibility index (Phi) is 3.45. The summed E-state index contributed by atoms with van der Waals surface area (Å²) in [6.07, 6.45) is 0. The second-order valence-electron chi connectivity index (χ2n) is 4.60. The van der Waals surface area contributed by atoms with Crippen LogP contribution in [-0.4, -0.2) is 37.8 Å². The highest BCUT2D eigenvalue weighted by Crippen LogP contribution is 2.29. The smallest absolute Gasteiger partial charge is 0.301 e. The average Bonchev–Trinajstić information content (AvgIpc) is 2.67. The fourth-order valence-electron chi connectivity index (χ4n) is 1.79. The van der Waals surface area contributed by atoms with E-state index in [4.69, 9.17) is 0 Å². The van der Waals surface area contributed by atoms with Crippen LogP contribution in [0.3, 0.4) is 0 Å². The predicted octanol–water partition coefficient (Wildman–Crippen LogP) is 0.0581. The zero-order chi connectivity index (χ0) is 15.1. The molecular weight excluding hydrogens is 282 g/mol. The third kappa shape index (κ3) is 2.47. The molecule has 0 amide bonds. The summed E-state index contributed by atoms with van der Waals surface area (Å²) in [5.41, 5.74) is 1.09. The quantitative estimate of drug-likeness (QED) is 0.832. The van der Waals surface area contributed by atoms with E-state index in [1.54, 1.807) is 18.2 Å². The van der Waals surface area contributed by atoms with Gasteiger partial charge in [-0.25, -0.2) is 0 Å². The predicted molar refractivity (Wildman–Crippen MR) is 73.6 cm³/mol. The number of nitrogens with one attached hydrogen (secondary N) is 2. The first-order chi connectivity index (χ1) is 9.22. The SMILES string of the molecule is Cc1ccc2[nH]c(C(=O)[O-])c(NS(=O)(=O)N(C)C)c2c1. The van der Waals surface area contributed by atoms with Crippen LogP contribution in [-0.2, 0) is 10.2 Å². The molecule has 0 fully saturated rings. The summed E-state index contributed by atoms with van der Waals surface area (Å²) >= 11 is 0. The molecule has 1 heterocycles. The zero-order valence-corrected chi connectivity index (χ0v) is 12.0. The molecule has 8 heteroatoms. The fraction of sp³-hybridized carbons (Fsp3) is 0.250. The second-order valence-corrected chi connectivity index (χ2v) is 6.49. The van der Waals surface area contributed by atoms with Gasteiger partial charge in [-0.05, 0) is 19.1 Å². The summed E-state index contributed by atoms with van der Waals surface area (Å²) in [6, 6.07) is 5.18. The van der Waals surface area contributed by atoms with Crippen LogP contribution < -0.4 is 9.83 Å². The van der Waals surface area contributed by atoms with Crippen molar-refractivity contribution in [2.45, 2.75) is 6.92 Å². The number of rotatable bonds is 4. The third-order valence-corrected chi connectivity index (χ3v) is 4.29. The molecule has 0 saturated heterocycles. The Morgan fingerprint density at radius 3 is 2.55 bits per heavy atom. The van der Waals surface area contributed by atoms with Gasteiger partial charge in [0.15, 0.2) is 0 Å². The number of nitrogens with zero attached hydrogens (tertiary/aromatic N) is 1. The molecule has 0 radical (unpaired) electrons. The van der Waals surface area contributed by atoms with Gasteiger partial charge in [-0.1, -0.05) is 11.6 Å². The largest absolute Gasteiger partial charge is 0.543 e. The normalized spacial score (nSPS) is 12.0. The van der Waals surface area contributed by atoms with Gasteiger partial charge in [0.1, 0.15) is 0 Å². The lowest BCUT2D eigenvalue weighted by Gasteiger charge is -2.14. The highest BCUT2D eigenvalue weighted by molar-refractivity contribution is 7.90. The van der Waals surface area contributed by atoms with E-state index >= 15 is 0 Å². The molecule has 0 spiro atoms. The standard InChI is InChI=1S/C12H15N3O4S/c1-7-4-5-9-8(6-7)10(11(13-9)12(16)17)14-20(18,19)15(2)3/h4-6,13-14H,1-3H3,(H,16,17)/p-1. The molecule has 0 unspecified atom stereocenters. The summed E-state index contributed by atoms with van der Waals surface area (Å²) in [4.78, 5) is 13.8. The number of H-pyrrole nitrogens is 1. The first-order valence-corrected chi connectivity index (χ1v) is 7.20. The molecule has 2 aromatic rings. The van der Waals surface area contributed by atoms with Crippen LogP contribution in [0.5, 0.6) is 0 Å². The van der Waals surface area contributed by atoms with Crippen LogP contribution in [0.4, 0.5) is 5.69 Å². The molecule has 7 nitrogen and oxygen atoms in total. The molecule has 0 saturated carbocycles. The number of hydrogen-bond acceptors (Lipinski definition) is 4. The van der Waals surface area contributed by atoms with E-state index in [1.165, 1.54) is 14.1 Å². The number of hydrogen-bond donors (Lipinski definition) is 2. The molecule has 2 N–H and O–H groups in total. The maximum Gasteiger partial charge on any atom is 0.301 e. The Labute approximate surface area is 116 Å². The molecule has 0 aliphatic carbocycles. The van der Waals surface area contributed by atoms with Gasteiger partial charge < -0.3 is 14.9 Å². The van der Waals surface area contributed by atoms with Gasteiger partial charge in [-0.3, -0.25) is 4.72 Å². The van der Waals surface area contributed by atoms with E-state index < -0.39 is 16.2 Å². The molecule has 20 heavy (non-hydrogen) atoms. The van der Waals surface area contributed by atoms with Gasteiger partial charge in [0.25, 0.3) is 0 Å². The van der Waals surface area contributed by atoms with E-state index in [0.717, 1.165) is 9.87 Å². The molecular formula is C12H14N3O4S-. The second kappa shape index (κ2) is 4.80. The first-order valence-electron chi connectivity index (χ1n) is 5.76. The maximum atomic E-state index is 11.9. The topological polar surface area (TPSA) is 105 Å². The van der Waals surface area contributed by atoms with Crippen LogP contribution in [0.25, 0.3) is 10.9 Å². The highest BCUT2D eigenvalue weighted by atomic mass is 32.2. The van der Waals surface area contributed by atoms with Crippen molar-refractivity contribution < 1.29 is 18.3 Å². The van der Waals surface area contributed by atoms with Crippen LogP contribution in [0.2, 0.25) is 0 Å². The maximum absolute atomic E-state index is 11.9. The Hall–Kier alpha value is -2.06. The highest BCUT2D eigenvalue weighted by Gasteiger charge is 2.20. The van der Waals surface area contributed by atoms with E-state index in [1.807, 2.05) is 6.92 Å². The van der Waals surface area contributed by atoms with Crippen molar-refractivity contribution in [2.24, 2.45) is 0 Å². The van der Waals surface area contributed by atoms with E-state index in [9.17, 15) is 18.3 Å². The summed E-state index contributed by atoms with van der Waals surface area (Å²) < 4.78 is 27.0. The van der Waals surface area contributed by atoms with Crippen LogP contribution in [0, 0.1) is 6.92 Å². The minimum Gasteiger partial charge on any atom is -0.543 e. The molecule has 1 aromatic heterocycles. The number of carbonyl (C=O) groups is 1. The van der Waals surface area contributed by atoms with Crippen molar-refractivity contribution in [3.8, 4) is 0 Å². The van der Waals surface area contributed by atoms with E-state index in [-0.39, 0.29) is 11.4 Å². The van der Waals surface area contributed by atoms with E-state index in [2.05, 4.69) is 9.71 Å². The lowest BCUT2D eigenvalue weighted by molar-refractivity contribution is -0.255. The molecule has 0 atom stereocenters. The average molecular weight is 296 g/mol. The van der Waals surface area contributed by atoms with Gasteiger partial charge in [0.05, 0.1) is 17.4 Å². The third-order valence-electron chi connectivity index (χ3n) is 2.87. The molecule has 108 valence electrons. The molecule has 0 aliphatic heterocycles. The van der Waals surface area contributed by atoms with Crippen molar-refractivity contribution in [3.05, 3.63) is 29.5 Å². The number of aromatic nitrogens is 1. The lowest BCUT2D eigenvalue weighted by atomic mass is 10.1. The van der Waals surface area contributed by atoms with Gasteiger partial charge in [-0.2, -0.15) is 12.7 Å². The van der Waals surface area contributed by atoms with Gasteiger partial charge in [0, 0.05) is 25.0 Å². The monoisotopic (exact) mass is 296 g/mol. The van der Waals surface area contributed by atoms with Gasteiger partial charge in [-0.15, -0.1) is 0 Å². The van der Waals surface area contributed by atoms with Gasteiger partial charge in [0.2, 0.25) is 0 Å². The van der Waals surface area contributed by atoms with E-state index in [0.29, 0.717) is 10.9 Å². The number of anilines is 1. The molecule has 0 bridgehead atoms. The number of carboxylic acids is 1. The van der Waals surface area contributed by atoms with Crippen LogP contribution in [0.15, 0.2) is 18.2 Å². The number of carbonyl (C=O) groups excluding carboxylic acids is 1. The minimum absolute atomic E-state index is 0.0163. The summed E-state index contributed by atoms with van der Waals surface area (Å²) in [6.45, 7) is 1.83. The molecule has 1 aromatic carbocycles. The minimum atomic E-state index is -3.81. The Balaban J connectivity index is 2.69.